The molecule has 0 spiro atoms. The van der Waals surface area contributed by atoms with Crippen LogP contribution in [0.3, 0.4) is 0 Å². The zero-order chi connectivity index (χ0) is 14.9. The minimum atomic E-state index is -0.478. The summed E-state index contributed by atoms with van der Waals surface area (Å²) in [6.45, 7) is 0.554. The van der Waals surface area contributed by atoms with Crippen LogP contribution in [0.2, 0.25) is 0 Å². The molecule has 0 radical (unpaired) electrons. The van der Waals surface area contributed by atoms with Crippen molar-refractivity contribution in [3.63, 3.8) is 0 Å². The Hall–Kier alpha value is -2.33. The smallest absolute Gasteiger partial charge is 0.407 e. The second-order valence-corrected chi connectivity index (χ2v) is 4.73. The van der Waals surface area contributed by atoms with Crippen LogP contribution in [-0.2, 0) is 11.3 Å². The molecular formula is C17H19NO3. The number of carbonyl (C=O) groups is 1. The first-order valence-electron chi connectivity index (χ1n) is 6.90. The van der Waals surface area contributed by atoms with E-state index in [4.69, 9.17) is 4.74 Å². The second-order valence-electron chi connectivity index (χ2n) is 4.73. The molecule has 1 unspecified atom stereocenters. The van der Waals surface area contributed by atoms with Gasteiger partial charge in [0.05, 0.1) is 6.61 Å². The van der Waals surface area contributed by atoms with Crippen LogP contribution in [0.15, 0.2) is 60.7 Å². The maximum atomic E-state index is 11.7. The first-order chi connectivity index (χ1) is 10.3. The van der Waals surface area contributed by atoms with Gasteiger partial charge in [0.25, 0.3) is 0 Å². The van der Waals surface area contributed by atoms with E-state index in [1.165, 1.54) is 0 Å². The molecule has 0 aliphatic heterocycles. The van der Waals surface area contributed by atoms with Crippen LogP contribution in [-0.4, -0.2) is 24.4 Å². The van der Waals surface area contributed by atoms with Crippen LogP contribution in [0.4, 0.5) is 4.79 Å². The lowest BCUT2D eigenvalue weighted by Gasteiger charge is -2.15. The molecule has 0 aliphatic rings. The lowest BCUT2D eigenvalue weighted by atomic mass is 10.0. The van der Waals surface area contributed by atoms with E-state index in [1.807, 2.05) is 60.7 Å². The van der Waals surface area contributed by atoms with E-state index in [1.54, 1.807) is 0 Å². The van der Waals surface area contributed by atoms with Gasteiger partial charge in [0.2, 0.25) is 0 Å². The van der Waals surface area contributed by atoms with E-state index in [9.17, 15) is 9.90 Å². The fraction of sp³-hybridized carbons (Fsp3) is 0.235. The predicted molar refractivity (Wildman–Crippen MR) is 80.9 cm³/mol. The van der Waals surface area contributed by atoms with Crippen molar-refractivity contribution in [1.29, 1.82) is 0 Å². The molecule has 0 bridgehead atoms. The van der Waals surface area contributed by atoms with Crippen molar-refractivity contribution in [3.8, 4) is 0 Å². The number of alkyl carbamates (subject to hydrolysis) is 1. The molecule has 0 heterocycles. The second kappa shape index (κ2) is 8.07. The number of ether oxygens (including phenoxy) is 1. The minimum absolute atomic E-state index is 0.0248. The van der Waals surface area contributed by atoms with Crippen molar-refractivity contribution in [2.24, 2.45) is 0 Å². The number of amides is 1. The molecule has 1 atom stereocenters. The molecule has 21 heavy (non-hydrogen) atoms. The predicted octanol–water partition coefficient (Wildman–Crippen LogP) is 2.69. The van der Waals surface area contributed by atoms with Crippen LogP contribution >= 0.6 is 0 Å². The third kappa shape index (κ3) is 4.93. The number of carbonyl (C=O) groups excluding carboxylic acids is 1. The Labute approximate surface area is 124 Å². The Morgan fingerprint density at radius 3 is 2.29 bits per heavy atom. The molecule has 2 N–H and O–H groups in total. The maximum Gasteiger partial charge on any atom is 0.407 e. The zero-order valence-corrected chi connectivity index (χ0v) is 11.7. The van der Waals surface area contributed by atoms with Gasteiger partial charge in [-0.05, 0) is 11.1 Å². The van der Waals surface area contributed by atoms with Crippen LogP contribution in [0.5, 0.6) is 0 Å². The number of aliphatic hydroxyl groups excluding tert-OH is 1. The molecule has 0 saturated heterocycles. The average molecular weight is 285 g/mol. The fourth-order valence-corrected chi connectivity index (χ4v) is 1.99. The van der Waals surface area contributed by atoms with E-state index in [0.717, 1.165) is 11.1 Å². The van der Waals surface area contributed by atoms with Gasteiger partial charge >= 0.3 is 6.09 Å². The minimum Gasteiger partial charge on any atom is -0.445 e. The largest absolute Gasteiger partial charge is 0.445 e. The van der Waals surface area contributed by atoms with Gasteiger partial charge in [0.1, 0.15) is 6.61 Å². The van der Waals surface area contributed by atoms with Gasteiger partial charge in [-0.25, -0.2) is 4.79 Å². The summed E-state index contributed by atoms with van der Waals surface area (Å²) < 4.78 is 5.13. The van der Waals surface area contributed by atoms with Crippen molar-refractivity contribution in [2.45, 2.75) is 12.5 Å². The van der Waals surface area contributed by atoms with Crippen molar-refractivity contribution in [1.82, 2.24) is 5.32 Å². The first-order valence-corrected chi connectivity index (χ1v) is 6.90. The number of benzene rings is 2. The first kappa shape index (κ1) is 15.1. The fourth-order valence-electron chi connectivity index (χ4n) is 1.99. The molecule has 0 aromatic heterocycles. The maximum absolute atomic E-state index is 11.7. The van der Waals surface area contributed by atoms with E-state index in [0.29, 0.717) is 6.54 Å². The Kier molecular flexibility index (Phi) is 5.79. The summed E-state index contributed by atoms with van der Waals surface area (Å²) in [4.78, 5) is 11.7. The molecule has 0 aliphatic carbocycles. The van der Waals surface area contributed by atoms with E-state index in [2.05, 4.69) is 5.32 Å². The Morgan fingerprint density at radius 2 is 1.67 bits per heavy atom. The highest BCUT2D eigenvalue weighted by Gasteiger charge is 2.12. The van der Waals surface area contributed by atoms with Gasteiger partial charge in [0, 0.05) is 12.5 Å². The molecule has 1 amide bonds. The highest BCUT2D eigenvalue weighted by molar-refractivity contribution is 5.67. The van der Waals surface area contributed by atoms with Gasteiger partial charge in [-0.2, -0.15) is 0 Å². The number of nitrogens with one attached hydrogen (secondary N) is 1. The molecule has 4 nitrogen and oxygen atoms in total. The standard InChI is InChI=1S/C17H19NO3/c19-12-16(15-9-5-2-6-10-15)11-18-17(20)21-13-14-7-3-1-4-8-14/h1-10,16,19H,11-13H2,(H,18,20). The number of hydrogen-bond acceptors (Lipinski definition) is 3. The van der Waals surface area contributed by atoms with Crippen LogP contribution < -0.4 is 5.32 Å². The molecule has 0 saturated carbocycles. The van der Waals surface area contributed by atoms with Crippen molar-refractivity contribution < 1.29 is 14.6 Å². The topological polar surface area (TPSA) is 58.6 Å². The molecule has 2 aromatic rings. The summed E-state index contributed by atoms with van der Waals surface area (Å²) in [5.41, 5.74) is 1.93. The van der Waals surface area contributed by atoms with Gasteiger partial charge < -0.3 is 15.2 Å². The van der Waals surface area contributed by atoms with Crippen molar-refractivity contribution in [2.75, 3.05) is 13.2 Å². The Bertz CT molecular complexity index is 542. The molecule has 2 aromatic carbocycles. The number of hydrogen-bond donors (Lipinski definition) is 2. The van der Waals surface area contributed by atoms with Crippen molar-refractivity contribution in [3.05, 3.63) is 71.8 Å². The third-order valence-electron chi connectivity index (χ3n) is 3.20. The van der Waals surface area contributed by atoms with Crippen LogP contribution in [0.1, 0.15) is 17.0 Å². The summed E-state index contributed by atoms with van der Waals surface area (Å²) in [7, 11) is 0. The van der Waals surface area contributed by atoms with E-state index >= 15 is 0 Å². The molecular weight excluding hydrogens is 266 g/mol. The van der Waals surface area contributed by atoms with Gasteiger partial charge in [-0.3, -0.25) is 0 Å². The number of aliphatic hydroxyl groups is 1. The Morgan fingerprint density at radius 1 is 1.05 bits per heavy atom. The SMILES string of the molecule is O=C(NCC(CO)c1ccccc1)OCc1ccccc1. The summed E-state index contributed by atoms with van der Waals surface area (Å²) in [6.07, 6.45) is -0.478. The molecule has 110 valence electrons. The van der Waals surface area contributed by atoms with Crippen molar-refractivity contribution >= 4 is 6.09 Å². The Balaban J connectivity index is 1.77. The lowest BCUT2D eigenvalue weighted by Crippen LogP contribution is -2.30. The summed E-state index contributed by atoms with van der Waals surface area (Å²) >= 11 is 0. The quantitative estimate of drug-likeness (QED) is 0.858. The van der Waals surface area contributed by atoms with Crippen LogP contribution in [0, 0.1) is 0 Å². The summed E-state index contributed by atoms with van der Waals surface area (Å²) in [5, 5.41) is 12.1. The highest BCUT2D eigenvalue weighted by Crippen LogP contribution is 2.13. The van der Waals surface area contributed by atoms with Gasteiger partial charge in [0.15, 0.2) is 0 Å². The highest BCUT2D eigenvalue weighted by atomic mass is 16.5. The van der Waals surface area contributed by atoms with Crippen LogP contribution in [0.25, 0.3) is 0 Å². The third-order valence-corrected chi connectivity index (χ3v) is 3.20. The normalized spacial score (nSPS) is 11.7. The molecule has 0 fully saturated rings. The van der Waals surface area contributed by atoms with Gasteiger partial charge in [-0.1, -0.05) is 60.7 Å². The number of rotatable bonds is 6. The zero-order valence-electron chi connectivity index (χ0n) is 11.7. The summed E-state index contributed by atoms with van der Waals surface area (Å²) in [5.74, 6) is -0.129. The van der Waals surface area contributed by atoms with Gasteiger partial charge in [-0.15, -0.1) is 0 Å². The van der Waals surface area contributed by atoms with E-state index < -0.39 is 6.09 Å². The summed E-state index contributed by atoms with van der Waals surface area (Å²) in [6, 6.07) is 19.1. The molecule has 4 heteroatoms. The molecule has 2 rings (SSSR count). The van der Waals surface area contributed by atoms with E-state index in [-0.39, 0.29) is 19.1 Å². The monoisotopic (exact) mass is 285 g/mol. The lowest BCUT2D eigenvalue weighted by molar-refractivity contribution is 0.137. The average Bonchev–Trinajstić information content (AvgIpc) is 2.55.